The fourth-order valence-electron chi connectivity index (χ4n) is 1.02. The highest BCUT2D eigenvalue weighted by Gasteiger charge is 2.01. The zero-order chi connectivity index (χ0) is 8.55. The molecule has 12 heavy (non-hydrogen) atoms. The minimum Gasteiger partial charge on any atom is -0.495 e. The number of hydrogen-bond donors (Lipinski definition) is 0. The Morgan fingerprint density at radius 3 is 3.08 bits per heavy atom. The van der Waals surface area contributed by atoms with Gasteiger partial charge in [0.05, 0.1) is 18.3 Å². The van der Waals surface area contributed by atoms with Crippen LogP contribution >= 0.6 is 11.3 Å². The van der Waals surface area contributed by atoms with Crippen molar-refractivity contribution in [2.45, 2.75) is 6.92 Å². The average molecular weight is 180 g/mol. The van der Waals surface area contributed by atoms with Crippen molar-refractivity contribution in [1.29, 1.82) is 0 Å². The summed E-state index contributed by atoms with van der Waals surface area (Å²) in [7, 11) is 1.63. The molecular formula is C8H8N2OS. The number of aromatic nitrogens is 2. The first-order valence-corrected chi connectivity index (χ1v) is 4.38. The Morgan fingerprint density at radius 1 is 1.50 bits per heavy atom. The lowest BCUT2D eigenvalue weighted by Crippen LogP contribution is -1.83. The van der Waals surface area contributed by atoms with Crippen molar-refractivity contribution in [2.75, 3.05) is 7.11 Å². The Labute approximate surface area is 74.0 Å². The van der Waals surface area contributed by atoms with E-state index in [1.54, 1.807) is 24.6 Å². The largest absolute Gasteiger partial charge is 0.495 e. The molecule has 0 spiro atoms. The quantitative estimate of drug-likeness (QED) is 0.673. The SMILES string of the molecule is COc1cnc2sc(C)nc2c1. The molecule has 2 aromatic heterocycles. The molecule has 0 aliphatic carbocycles. The molecule has 4 heteroatoms. The van der Waals surface area contributed by atoms with Crippen LogP contribution in [-0.4, -0.2) is 17.1 Å². The molecule has 62 valence electrons. The molecule has 0 saturated carbocycles. The van der Waals surface area contributed by atoms with Crippen molar-refractivity contribution in [3.63, 3.8) is 0 Å². The number of rotatable bonds is 1. The monoisotopic (exact) mass is 180 g/mol. The van der Waals surface area contributed by atoms with Crippen molar-refractivity contribution in [2.24, 2.45) is 0 Å². The first-order chi connectivity index (χ1) is 5.79. The van der Waals surface area contributed by atoms with Gasteiger partial charge in [0, 0.05) is 6.07 Å². The number of methoxy groups -OCH3 is 1. The topological polar surface area (TPSA) is 35.0 Å². The summed E-state index contributed by atoms with van der Waals surface area (Å²) in [6.07, 6.45) is 1.71. The van der Waals surface area contributed by atoms with E-state index in [9.17, 15) is 0 Å². The highest BCUT2D eigenvalue weighted by molar-refractivity contribution is 7.18. The summed E-state index contributed by atoms with van der Waals surface area (Å²) >= 11 is 1.59. The molecule has 2 heterocycles. The van der Waals surface area contributed by atoms with Gasteiger partial charge in [-0.3, -0.25) is 0 Å². The van der Waals surface area contributed by atoms with Crippen molar-refractivity contribution < 1.29 is 4.74 Å². The van der Waals surface area contributed by atoms with Crippen LogP contribution < -0.4 is 4.74 Å². The van der Waals surface area contributed by atoms with E-state index >= 15 is 0 Å². The second-order valence-electron chi connectivity index (χ2n) is 2.43. The van der Waals surface area contributed by atoms with Gasteiger partial charge in [0.15, 0.2) is 0 Å². The second kappa shape index (κ2) is 2.71. The Balaban J connectivity index is 2.66. The fraction of sp³-hybridized carbons (Fsp3) is 0.250. The van der Waals surface area contributed by atoms with Crippen molar-refractivity contribution in [3.05, 3.63) is 17.3 Å². The summed E-state index contributed by atoms with van der Waals surface area (Å²) in [4.78, 5) is 9.47. The van der Waals surface area contributed by atoms with Gasteiger partial charge in [0.25, 0.3) is 0 Å². The Kier molecular flexibility index (Phi) is 1.69. The van der Waals surface area contributed by atoms with E-state index in [2.05, 4.69) is 9.97 Å². The van der Waals surface area contributed by atoms with E-state index in [4.69, 9.17) is 4.74 Å². The summed E-state index contributed by atoms with van der Waals surface area (Å²) in [5.41, 5.74) is 0.914. The molecule has 3 nitrogen and oxygen atoms in total. The highest BCUT2D eigenvalue weighted by Crippen LogP contribution is 2.22. The summed E-state index contributed by atoms with van der Waals surface area (Å²) in [6.45, 7) is 1.97. The predicted molar refractivity (Wildman–Crippen MR) is 48.7 cm³/mol. The van der Waals surface area contributed by atoms with Gasteiger partial charge < -0.3 is 4.74 Å². The van der Waals surface area contributed by atoms with Gasteiger partial charge in [-0.15, -0.1) is 0 Å². The van der Waals surface area contributed by atoms with Gasteiger partial charge in [-0.1, -0.05) is 11.3 Å². The molecule has 0 aromatic carbocycles. The summed E-state index contributed by atoms with van der Waals surface area (Å²) in [5.74, 6) is 0.757. The maximum atomic E-state index is 5.03. The van der Waals surface area contributed by atoms with Crippen LogP contribution in [0.1, 0.15) is 5.01 Å². The van der Waals surface area contributed by atoms with Crippen molar-refractivity contribution >= 4 is 21.7 Å². The number of fused-ring (bicyclic) bond motifs is 1. The molecule has 0 bridgehead atoms. The third kappa shape index (κ3) is 1.14. The normalized spacial score (nSPS) is 10.5. The van der Waals surface area contributed by atoms with Crippen molar-refractivity contribution in [1.82, 2.24) is 9.97 Å². The minimum atomic E-state index is 0.757. The molecule has 0 atom stereocenters. The first kappa shape index (κ1) is 7.49. The van der Waals surface area contributed by atoms with Crippen LogP contribution in [0.15, 0.2) is 12.3 Å². The molecule has 0 unspecified atom stereocenters. The highest BCUT2D eigenvalue weighted by atomic mass is 32.1. The van der Waals surface area contributed by atoms with E-state index in [0.717, 1.165) is 21.1 Å². The number of ether oxygens (including phenoxy) is 1. The standard InChI is InChI=1S/C8H8N2OS/c1-5-10-7-3-6(11-2)4-9-8(7)12-5/h3-4H,1-2H3. The number of nitrogens with zero attached hydrogens (tertiary/aromatic N) is 2. The average Bonchev–Trinajstić information content (AvgIpc) is 2.43. The third-order valence-corrected chi connectivity index (χ3v) is 2.46. The second-order valence-corrected chi connectivity index (χ2v) is 3.61. The van der Waals surface area contributed by atoms with Gasteiger partial charge in [0.1, 0.15) is 16.1 Å². The van der Waals surface area contributed by atoms with Crippen LogP contribution in [0.4, 0.5) is 0 Å². The molecule has 0 aliphatic rings. The minimum absolute atomic E-state index is 0.757. The van der Waals surface area contributed by atoms with E-state index in [1.807, 2.05) is 13.0 Å². The van der Waals surface area contributed by atoms with E-state index in [1.165, 1.54) is 0 Å². The maximum absolute atomic E-state index is 5.03. The lowest BCUT2D eigenvalue weighted by molar-refractivity contribution is 0.413. The zero-order valence-electron chi connectivity index (χ0n) is 6.87. The molecule has 0 radical (unpaired) electrons. The van der Waals surface area contributed by atoms with Crippen LogP contribution in [0.25, 0.3) is 10.3 Å². The molecule has 0 saturated heterocycles. The first-order valence-electron chi connectivity index (χ1n) is 3.57. The van der Waals surface area contributed by atoms with Crippen LogP contribution in [0.3, 0.4) is 0 Å². The van der Waals surface area contributed by atoms with Gasteiger partial charge in [-0.05, 0) is 6.92 Å². The molecule has 2 aromatic rings. The van der Waals surface area contributed by atoms with Gasteiger partial charge >= 0.3 is 0 Å². The fourth-order valence-corrected chi connectivity index (χ4v) is 1.76. The summed E-state index contributed by atoms with van der Waals surface area (Å²) in [5, 5.41) is 1.03. The summed E-state index contributed by atoms with van der Waals surface area (Å²) < 4.78 is 5.03. The smallest absolute Gasteiger partial charge is 0.143 e. The zero-order valence-corrected chi connectivity index (χ0v) is 7.68. The van der Waals surface area contributed by atoms with Crippen LogP contribution in [-0.2, 0) is 0 Å². The van der Waals surface area contributed by atoms with Crippen LogP contribution in [0, 0.1) is 6.92 Å². The molecule has 0 N–H and O–H groups in total. The van der Waals surface area contributed by atoms with E-state index < -0.39 is 0 Å². The maximum Gasteiger partial charge on any atom is 0.143 e. The Morgan fingerprint density at radius 2 is 2.33 bits per heavy atom. The molecule has 0 aliphatic heterocycles. The number of thiazole rings is 1. The van der Waals surface area contributed by atoms with Gasteiger partial charge in [-0.2, -0.15) is 0 Å². The number of hydrogen-bond acceptors (Lipinski definition) is 4. The van der Waals surface area contributed by atoms with Crippen LogP contribution in [0.5, 0.6) is 5.75 Å². The predicted octanol–water partition coefficient (Wildman–Crippen LogP) is 2.01. The molecule has 2 rings (SSSR count). The van der Waals surface area contributed by atoms with Crippen LogP contribution in [0.2, 0.25) is 0 Å². The summed E-state index contributed by atoms with van der Waals surface area (Å²) in [6, 6.07) is 1.89. The molecule has 0 fully saturated rings. The molecule has 0 amide bonds. The number of aryl methyl sites for hydroxylation is 1. The van der Waals surface area contributed by atoms with Gasteiger partial charge in [0.2, 0.25) is 0 Å². The molecular weight excluding hydrogens is 172 g/mol. The van der Waals surface area contributed by atoms with E-state index in [-0.39, 0.29) is 0 Å². The Bertz CT molecular complexity index is 410. The van der Waals surface area contributed by atoms with E-state index in [0.29, 0.717) is 0 Å². The van der Waals surface area contributed by atoms with Gasteiger partial charge in [-0.25, -0.2) is 9.97 Å². The third-order valence-electron chi connectivity index (χ3n) is 1.57. The lowest BCUT2D eigenvalue weighted by atomic mass is 10.4. The van der Waals surface area contributed by atoms with Crippen molar-refractivity contribution in [3.8, 4) is 5.75 Å². The lowest BCUT2D eigenvalue weighted by Gasteiger charge is -1.95. The number of pyridine rings is 1. The Hall–Kier alpha value is -1.16.